The molecule has 1 heterocycles. The van der Waals surface area contributed by atoms with Crippen LogP contribution in [-0.4, -0.2) is 16.8 Å². The number of thiophene rings is 1. The van der Waals surface area contributed by atoms with E-state index in [4.69, 9.17) is 11.6 Å². The lowest BCUT2D eigenvalue weighted by molar-refractivity contribution is 0.0596. The van der Waals surface area contributed by atoms with Crippen LogP contribution >= 0.6 is 22.9 Å². The zero-order valence-corrected chi connectivity index (χ0v) is 20.7. The molecule has 5 rings (SSSR count). The lowest BCUT2D eigenvalue weighted by Crippen LogP contribution is -2.41. The van der Waals surface area contributed by atoms with Crippen LogP contribution in [0.5, 0.6) is 0 Å². The molecule has 4 aromatic rings. The van der Waals surface area contributed by atoms with E-state index in [1.165, 1.54) is 17.4 Å². The molecule has 0 unspecified atom stereocenters. The van der Waals surface area contributed by atoms with Crippen LogP contribution in [0, 0.1) is 11.7 Å². The summed E-state index contributed by atoms with van der Waals surface area (Å²) in [5.74, 6) is 0.263. The zero-order valence-electron chi connectivity index (χ0n) is 19.1. The summed E-state index contributed by atoms with van der Waals surface area (Å²) in [7, 11) is 0. The number of fused-ring (bicyclic) bond motifs is 1. The molecule has 0 saturated heterocycles. The number of amides is 1. The number of rotatable bonds is 5. The number of nitrogens with zero attached hydrogens (tertiary/aromatic N) is 1. The average molecular weight is 492 g/mol. The van der Waals surface area contributed by atoms with Crippen molar-refractivity contribution in [2.45, 2.75) is 45.2 Å². The van der Waals surface area contributed by atoms with Gasteiger partial charge in [-0.1, -0.05) is 73.1 Å². The molecule has 1 amide bonds. The highest BCUT2D eigenvalue weighted by molar-refractivity contribution is 7.21. The van der Waals surface area contributed by atoms with Gasteiger partial charge in [-0.2, -0.15) is 0 Å². The van der Waals surface area contributed by atoms with Crippen molar-refractivity contribution < 1.29 is 9.18 Å². The summed E-state index contributed by atoms with van der Waals surface area (Å²) < 4.78 is 16.0. The fourth-order valence-electron chi connectivity index (χ4n) is 4.89. The van der Waals surface area contributed by atoms with Crippen molar-refractivity contribution in [3.63, 3.8) is 0 Å². The van der Waals surface area contributed by atoms with Gasteiger partial charge in [0, 0.05) is 28.2 Å². The van der Waals surface area contributed by atoms with Crippen LogP contribution < -0.4 is 0 Å². The van der Waals surface area contributed by atoms with Crippen molar-refractivity contribution in [1.82, 2.24) is 4.90 Å². The Balaban J connectivity index is 1.52. The monoisotopic (exact) mass is 491 g/mol. The Kier molecular flexibility index (Phi) is 6.71. The van der Waals surface area contributed by atoms with Gasteiger partial charge in [0.1, 0.15) is 10.7 Å². The summed E-state index contributed by atoms with van der Waals surface area (Å²) in [5, 5.41) is 1.39. The lowest BCUT2D eigenvalue weighted by atomic mass is 9.86. The molecule has 1 aliphatic carbocycles. The molecule has 0 bridgehead atoms. The number of hydrogen-bond donors (Lipinski definition) is 0. The van der Waals surface area contributed by atoms with Gasteiger partial charge in [0.15, 0.2) is 0 Å². The zero-order chi connectivity index (χ0) is 23.7. The Hall–Kier alpha value is -2.69. The summed E-state index contributed by atoms with van der Waals surface area (Å²) in [5.41, 5.74) is 2.51. The lowest BCUT2D eigenvalue weighted by Gasteiger charge is -2.36. The Labute approximate surface area is 209 Å². The third-order valence-electron chi connectivity index (χ3n) is 6.91. The Bertz CT molecular complexity index is 1310. The molecule has 0 N–H and O–H groups in total. The molecule has 0 atom stereocenters. The maximum absolute atomic E-state index is 15.0. The van der Waals surface area contributed by atoms with Crippen LogP contribution in [0.15, 0.2) is 72.8 Å². The van der Waals surface area contributed by atoms with Gasteiger partial charge in [-0.05, 0) is 60.9 Å². The number of benzene rings is 3. The minimum atomic E-state index is -0.288. The SMILES string of the molecule is CC1CCC(N(Cc2cc(-c3ccccc3)ccc2F)C(=O)c2sc3ccccc3c2Cl)CC1. The molecule has 3 aromatic carbocycles. The van der Waals surface area contributed by atoms with Gasteiger partial charge in [0.25, 0.3) is 5.91 Å². The fraction of sp³-hybridized carbons (Fsp3) is 0.276. The fourth-order valence-corrected chi connectivity index (χ4v) is 6.36. The molecule has 0 spiro atoms. The van der Waals surface area contributed by atoms with Crippen LogP contribution in [0.25, 0.3) is 21.2 Å². The maximum atomic E-state index is 15.0. The minimum Gasteiger partial charge on any atom is -0.330 e. The third-order valence-corrected chi connectivity index (χ3v) is 8.57. The summed E-state index contributed by atoms with van der Waals surface area (Å²) in [4.78, 5) is 16.3. The van der Waals surface area contributed by atoms with Gasteiger partial charge in [0.2, 0.25) is 0 Å². The molecule has 34 heavy (non-hydrogen) atoms. The summed E-state index contributed by atoms with van der Waals surface area (Å²) in [6, 6.07) is 23.0. The molecule has 1 fully saturated rings. The highest BCUT2D eigenvalue weighted by Gasteiger charge is 2.31. The van der Waals surface area contributed by atoms with Crippen LogP contribution in [0.4, 0.5) is 4.39 Å². The van der Waals surface area contributed by atoms with Crippen LogP contribution in [0.1, 0.15) is 47.8 Å². The molecule has 0 aliphatic heterocycles. The largest absolute Gasteiger partial charge is 0.330 e. The first-order valence-corrected chi connectivity index (χ1v) is 13.0. The van der Waals surface area contributed by atoms with Crippen molar-refractivity contribution >= 4 is 38.9 Å². The number of carbonyl (C=O) groups excluding carboxylic acids is 1. The topological polar surface area (TPSA) is 20.3 Å². The Morgan fingerprint density at radius 1 is 0.971 bits per heavy atom. The quantitative estimate of drug-likeness (QED) is 0.273. The number of carbonyl (C=O) groups is 1. The van der Waals surface area contributed by atoms with Gasteiger partial charge >= 0.3 is 0 Å². The molecule has 0 radical (unpaired) electrons. The molecule has 1 aliphatic rings. The number of halogens is 2. The highest BCUT2D eigenvalue weighted by Crippen LogP contribution is 2.38. The van der Waals surface area contributed by atoms with Crippen LogP contribution in [-0.2, 0) is 6.54 Å². The van der Waals surface area contributed by atoms with E-state index in [9.17, 15) is 4.79 Å². The van der Waals surface area contributed by atoms with Crippen LogP contribution in [0.3, 0.4) is 0 Å². The van der Waals surface area contributed by atoms with E-state index in [1.807, 2.05) is 65.6 Å². The van der Waals surface area contributed by atoms with Gasteiger partial charge in [-0.25, -0.2) is 4.39 Å². The van der Waals surface area contributed by atoms with E-state index in [0.717, 1.165) is 46.9 Å². The third kappa shape index (κ3) is 4.62. The van der Waals surface area contributed by atoms with Gasteiger partial charge in [-0.15, -0.1) is 11.3 Å². The summed E-state index contributed by atoms with van der Waals surface area (Å²) >= 11 is 8.11. The summed E-state index contributed by atoms with van der Waals surface area (Å²) in [6.45, 7) is 2.49. The van der Waals surface area contributed by atoms with Crippen molar-refractivity contribution in [2.75, 3.05) is 0 Å². The van der Waals surface area contributed by atoms with E-state index >= 15 is 4.39 Å². The second-order valence-electron chi connectivity index (χ2n) is 9.26. The first-order chi connectivity index (χ1) is 16.5. The first kappa shape index (κ1) is 23.1. The molecule has 1 aromatic heterocycles. The smallest absolute Gasteiger partial charge is 0.266 e. The van der Waals surface area contributed by atoms with E-state index < -0.39 is 0 Å². The summed E-state index contributed by atoms with van der Waals surface area (Å²) in [6.07, 6.45) is 3.99. The van der Waals surface area contributed by atoms with E-state index in [2.05, 4.69) is 6.92 Å². The van der Waals surface area contributed by atoms with E-state index in [0.29, 0.717) is 21.4 Å². The molecule has 174 valence electrons. The average Bonchev–Trinajstić information content (AvgIpc) is 3.21. The standard InChI is InChI=1S/C29H27ClFNOS/c1-19-11-14-23(15-12-19)32(29(33)28-27(30)24-9-5-6-10-26(24)34-28)18-22-17-21(13-16-25(22)31)20-7-3-2-4-8-20/h2-10,13,16-17,19,23H,11-12,14-15,18H2,1H3. The van der Waals surface area contributed by atoms with Crippen molar-refractivity contribution in [3.8, 4) is 11.1 Å². The second-order valence-corrected chi connectivity index (χ2v) is 10.7. The second kappa shape index (κ2) is 9.89. The Morgan fingerprint density at radius 3 is 2.41 bits per heavy atom. The predicted molar refractivity (Wildman–Crippen MR) is 140 cm³/mol. The molecule has 2 nitrogen and oxygen atoms in total. The normalized spacial score (nSPS) is 18.2. The minimum absolute atomic E-state index is 0.0739. The van der Waals surface area contributed by atoms with Gasteiger partial charge < -0.3 is 4.90 Å². The van der Waals surface area contributed by atoms with Crippen molar-refractivity contribution in [3.05, 3.63) is 94.1 Å². The van der Waals surface area contributed by atoms with Crippen LogP contribution in [0.2, 0.25) is 5.02 Å². The highest BCUT2D eigenvalue weighted by atomic mass is 35.5. The van der Waals surface area contributed by atoms with Gasteiger partial charge in [-0.3, -0.25) is 4.79 Å². The molecule has 5 heteroatoms. The first-order valence-electron chi connectivity index (χ1n) is 11.8. The molecular weight excluding hydrogens is 465 g/mol. The van der Waals surface area contributed by atoms with Crippen molar-refractivity contribution in [2.24, 2.45) is 5.92 Å². The predicted octanol–water partition coefficient (Wildman–Crippen LogP) is 8.58. The molecule has 1 saturated carbocycles. The van der Waals surface area contributed by atoms with E-state index in [-0.39, 0.29) is 24.3 Å². The van der Waals surface area contributed by atoms with Gasteiger partial charge in [0.05, 0.1) is 5.02 Å². The Morgan fingerprint density at radius 2 is 1.68 bits per heavy atom. The molecular formula is C29H27ClFNOS. The van der Waals surface area contributed by atoms with Crippen molar-refractivity contribution in [1.29, 1.82) is 0 Å². The van der Waals surface area contributed by atoms with E-state index in [1.54, 1.807) is 6.07 Å². The number of hydrogen-bond acceptors (Lipinski definition) is 2. The maximum Gasteiger partial charge on any atom is 0.266 e.